The smallest absolute Gasteiger partial charge is 0.321 e. The van der Waals surface area contributed by atoms with Gasteiger partial charge in [-0.2, -0.15) is 0 Å². The Morgan fingerprint density at radius 1 is 1.38 bits per heavy atom. The van der Waals surface area contributed by atoms with Gasteiger partial charge in [-0.3, -0.25) is 9.59 Å². The van der Waals surface area contributed by atoms with Crippen LogP contribution in [0.4, 0.5) is 0 Å². The summed E-state index contributed by atoms with van der Waals surface area (Å²) in [4.78, 5) is 23.8. The predicted molar refractivity (Wildman–Crippen MR) is 61.0 cm³/mol. The molecule has 0 spiro atoms. The Morgan fingerprint density at radius 2 is 1.94 bits per heavy atom. The Morgan fingerprint density at radius 3 is 2.38 bits per heavy atom. The van der Waals surface area contributed by atoms with Gasteiger partial charge in [-0.05, 0) is 13.1 Å². The van der Waals surface area contributed by atoms with E-state index >= 15 is 0 Å². The molecule has 6 nitrogen and oxygen atoms in total. The zero-order valence-corrected chi connectivity index (χ0v) is 9.90. The van der Waals surface area contributed by atoms with Crippen LogP contribution < -0.4 is 11.1 Å². The summed E-state index contributed by atoms with van der Waals surface area (Å²) in [6.45, 7) is 7.24. The van der Waals surface area contributed by atoms with Crippen molar-refractivity contribution in [3.8, 4) is 0 Å². The number of carbonyl (C=O) groups excluding carboxylic acids is 1. The van der Waals surface area contributed by atoms with Crippen LogP contribution in [0, 0.1) is 0 Å². The fourth-order valence-electron chi connectivity index (χ4n) is 1.25. The number of carboxylic acid groups (broad SMARTS) is 1. The molecule has 16 heavy (non-hydrogen) atoms. The monoisotopic (exact) mass is 231 g/mol. The second-order valence-electron chi connectivity index (χ2n) is 3.53. The van der Waals surface area contributed by atoms with E-state index in [9.17, 15) is 9.59 Å². The quantitative estimate of drug-likeness (QED) is 0.510. The highest BCUT2D eigenvalue weighted by Crippen LogP contribution is 1.89. The van der Waals surface area contributed by atoms with Gasteiger partial charge in [0.05, 0.1) is 6.42 Å². The molecule has 94 valence electrons. The minimum atomic E-state index is -1.15. The number of hydrogen-bond acceptors (Lipinski definition) is 4. The first-order chi connectivity index (χ1) is 7.51. The van der Waals surface area contributed by atoms with Gasteiger partial charge < -0.3 is 21.1 Å². The van der Waals surface area contributed by atoms with Gasteiger partial charge in [0, 0.05) is 13.1 Å². The Hall–Kier alpha value is -1.14. The molecule has 0 saturated carbocycles. The standard InChI is InChI=1S/C10H21N3O3/c1-3-13(4-2)6-5-12-9(14)7-8(11)10(15)16/h8H,3-7,11H2,1-2H3,(H,12,14)(H,15,16)/t8-/m0/s1. The Balaban J connectivity index is 3.69. The maximum absolute atomic E-state index is 11.2. The van der Waals surface area contributed by atoms with Gasteiger partial charge in [-0.1, -0.05) is 13.8 Å². The number of rotatable bonds is 8. The normalized spacial score (nSPS) is 12.5. The lowest BCUT2D eigenvalue weighted by Crippen LogP contribution is -2.39. The lowest BCUT2D eigenvalue weighted by Gasteiger charge is -2.18. The van der Waals surface area contributed by atoms with Gasteiger partial charge in [0.1, 0.15) is 6.04 Å². The molecule has 0 aliphatic carbocycles. The van der Waals surface area contributed by atoms with Gasteiger partial charge in [-0.25, -0.2) is 0 Å². The average Bonchev–Trinajstić information content (AvgIpc) is 2.24. The van der Waals surface area contributed by atoms with Gasteiger partial charge >= 0.3 is 5.97 Å². The van der Waals surface area contributed by atoms with Crippen LogP contribution >= 0.6 is 0 Å². The molecule has 0 aliphatic rings. The molecule has 1 amide bonds. The first-order valence-electron chi connectivity index (χ1n) is 5.48. The lowest BCUT2D eigenvalue weighted by molar-refractivity contribution is -0.140. The van der Waals surface area contributed by atoms with Crippen LogP contribution in [0.3, 0.4) is 0 Å². The highest BCUT2D eigenvalue weighted by atomic mass is 16.4. The maximum atomic E-state index is 11.2. The summed E-state index contributed by atoms with van der Waals surface area (Å²) in [7, 11) is 0. The average molecular weight is 231 g/mol. The fourth-order valence-corrected chi connectivity index (χ4v) is 1.25. The number of nitrogens with two attached hydrogens (primary N) is 1. The van der Waals surface area contributed by atoms with E-state index in [0.29, 0.717) is 6.54 Å². The zero-order chi connectivity index (χ0) is 12.6. The molecular weight excluding hydrogens is 210 g/mol. The molecule has 4 N–H and O–H groups in total. The fraction of sp³-hybridized carbons (Fsp3) is 0.800. The molecule has 0 saturated heterocycles. The molecule has 0 aromatic carbocycles. The molecule has 0 bridgehead atoms. The first-order valence-corrected chi connectivity index (χ1v) is 5.48. The lowest BCUT2D eigenvalue weighted by atomic mass is 10.2. The van der Waals surface area contributed by atoms with Crippen LogP contribution in [0.15, 0.2) is 0 Å². The van der Waals surface area contributed by atoms with E-state index < -0.39 is 12.0 Å². The van der Waals surface area contributed by atoms with Crippen molar-refractivity contribution in [3.05, 3.63) is 0 Å². The van der Waals surface area contributed by atoms with Crippen molar-refractivity contribution in [2.45, 2.75) is 26.3 Å². The molecule has 0 heterocycles. The zero-order valence-electron chi connectivity index (χ0n) is 9.90. The summed E-state index contributed by atoms with van der Waals surface area (Å²) < 4.78 is 0. The van der Waals surface area contributed by atoms with Crippen LogP contribution in [0.2, 0.25) is 0 Å². The van der Waals surface area contributed by atoms with Gasteiger partial charge in [0.15, 0.2) is 0 Å². The SMILES string of the molecule is CCN(CC)CCNC(=O)C[C@H](N)C(=O)O. The molecule has 0 fully saturated rings. The number of nitrogens with one attached hydrogen (secondary N) is 1. The van der Waals surface area contributed by atoms with E-state index in [0.717, 1.165) is 19.6 Å². The van der Waals surface area contributed by atoms with Crippen molar-refractivity contribution in [1.29, 1.82) is 0 Å². The summed E-state index contributed by atoms with van der Waals surface area (Å²) in [5.74, 6) is -1.47. The van der Waals surface area contributed by atoms with Crippen LogP contribution in [-0.2, 0) is 9.59 Å². The summed E-state index contributed by atoms with van der Waals surface area (Å²) in [5, 5.41) is 11.2. The molecule has 0 radical (unpaired) electrons. The number of carboxylic acids is 1. The van der Waals surface area contributed by atoms with Crippen molar-refractivity contribution in [3.63, 3.8) is 0 Å². The van der Waals surface area contributed by atoms with Crippen LogP contribution in [0.1, 0.15) is 20.3 Å². The van der Waals surface area contributed by atoms with Crippen LogP contribution in [0.5, 0.6) is 0 Å². The molecule has 0 aromatic heterocycles. The topological polar surface area (TPSA) is 95.7 Å². The number of nitrogens with zero attached hydrogens (tertiary/aromatic N) is 1. The number of hydrogen-bond donors (Lipinski definition) is 3. The van der Waals surface area contributed by atoms with Crippen LogP contribution in [0.25, 0.3) is 0 Å². The highest BCUT2D eigenvalue weighted by molar-refractivity contribution is 5.84. The molecule has 1 atom stereocenters. The molecule has 0 aromatic rings. The number of amides is 1. The van der Waals surface area contributed by atoms with Gasteiger partial charge in [-0.15, -0.1) is 0 Å². The van der Waals surface area contributed by atoms with Crippen molar-refractivity contribution in [2.24, 2.45) is 5.73 Å². The summed E-state index contributed by atoms with van der Waals surface area (Å²) in [6.07, 6.45) is -0.173. The number of carbonyl (C=O) groups is 2. The van der Waals surface area contributed by atoms with Crippen molar-refractivity contribution >= 4 is 11.9 Å². The summed E-state index contributed by atoms with van der Waals surface area (Å²) in [5.41, 5.74) is 5.23. The second kappa shape index (κ2) is 8.06. The predicted octanol–water partition coefficient (Wildman–Crippen LogP) is -0.754. The molecule has 6 heteroatoms. The third-order valence-corrected chi connectivity index (χ3v) is 2.37. The van der Waals surface area contributed by atoms with E-state index in [2.05, 4.69) is 10.2 Å². The summed E-state index contributed by atoms with van der Waals surface area (Å²) in [6, 6.07) is -1.12. The van der Waals surface area contributed by atoms with Gasteiger partial charge in [0.25, 0.3) is 0 Å². The Bertz CT molecular complexity index is 229. The second-order valence-corrected chi connectivity index (χ2v) is 3.53. The van der Waals surface area contributed by atoms with E-state index in [1.54, 1.807) is 0 Å². The Labute approximate surface area is 95.8 Å². The minimum Gasteiger partial charge on any atom is -0.480 e. The molecular formula is C10H21N3O3. The molecule has 0 unspecified atom stereocenters. The van der Waals surface area contributed by atoms with Crippen molar-refractivity contribution < 1.29 is 14.7 Å². The Kier molecular flexibility index (Phi) is 7.49. The minimum absolute atomic E-state index is 0.173. The highest BCUT2D eigenvalue weighted by Gasteiger charge is 2.15. The van der Waals surface area contributed by atoms with Gasteiger partial charge in [0.2, 0.25) is 5.91 Å². The molecule has 0 rings (SSSR count). The van der Waals surface area contributed by atoms with Crippen LogP contribution in [-0.4, -0.2) is 54.1 Å². The number of likely N-dealkylation sites (N-methyl/N-ethyl adjacent to an activating group) is 1. The van der Waals surface area contributed by atoms with E-state index in [1.807, 2.05) is 13.8 Å². The van der Waals surface area contributed by atoms with E-state index in [-0.39, 0.29) is 12.3 Å². The van der Waals surface area contributed by atoms with Crippen molar-refractivity contribution in [1.82, 2.24) is 10.2 Å². The van der Waals surface area contributed by atoms with E-state index in [1.165, 1.54) is 0 Å². The first kappa shape index (κ1) is 14.9. The maximum Gasteiger partial charge on any atom is 0.321 e. The van der Waals surface area contributed by atoms with E-state index in [4.69, 9.17) is 10.8 Å². The summed E-state index contributed by atoms with van der Waals surface area (Å²) >= 11 is 0. The third kappa shape index (κ3) is 6.36. The molecule has 0 aliphatic heterocycles. The third-order valence-electron chi connectivity index (χ3n) is 2.37. The largest absolute Gasteiger partial charge is 0.480 e. The number of aliphatic carboxylic acids is 1. The van der Waals surface area contributed by atoms with Crippen molar-refractivity contribution in [2.75, 3.05) is 26.2 Å².